The van der Waals surface area contributed by atoms with Gasteiger partial charge >= 0.3 is 0 Å². The fourth-order valence-corrected chi connectivity index (χ4v) is 2.63. The lowest BCUT2D eigenvalue weighted by Gasteiger charge is -2.36. The Morgan fingerprint density at radius 3 is 2.12 bits per heavy atom. The maximum atomic E-state index is 12.6. The van der Waals surface area contributed by atoms with E-state index in [0.717, 1.165) is 10.5 Å². The first-order valence-electron chi connectivity index (χ1n) is 7.68. The maximum Gasteiger partial charge on any atom is 0.262 e. The number of hydrogen-bond acceptors (Lipinski definition) is 4. The molecule has 0 saturated heterocycles. The van der Waals surface area contributed by atoms with Crippen molar-refractivity contribution in [3.05, 3.63) is 72.4 Å². The minimum atomic E-state index is -0.942. The summed E-state index contributed by atoms with van der Waals surface area (Å²) in [7, 11) is 0. The molecule has 2 N–H and O–H groups in total. The second-order valence-corrected chi connectivity index (χ2v) is 5.86. The van der Waals surface area contributed by atoms with Crippen molar-refractivity contribution in [3.8, 4) is 0 Å². The molecule has 1 unspecified atom stereocenters. The van der Waals surface area contributed by atoms with Crippen molar-refractivity contribution >= 4 is 11.8 Å². The Balaban J connectivity index is 2.15. The molecule has 1 aliphatic rings. The molecular formula is C19H22N2O3. The molecule has 0 fully saturated rings. The van der Waals surface area contributed by atoms with Crippen LogP contribution in [0, 0.1) is 0 Å². The molecule has 0 bridgehead atoms. The molecule has 5 nitrogen and oxygen atoms in total. The number of benzene rings is 1. The largest absolute Gasteiger partial charge is 0.374 e. The number of carbonyl (C=O) groups excluding carboxylic acids is 2. The second-order valence-electron chi connectivity index (χ2n) is 5.86. The van der Waals surface area contributed by atoms with Crippen LogP contribution in [0.15, 0.2) is 66.8 Å². The summed E-state index contributed by atoms with van der Waals surface area (Å²) < 4.78 is 5.73. The van der Waals surface area contributed by atoms with E-state index in [-0.39, 0.29) is 24.3 Å². The first-order valence-corrected chi connectivity index (χ1v) is 7.68. The van der Waals surface area contributed by atoms with Gasteiger partial charge in [0, 0.05) is 6.54 Å². The smallest absolute Gasteiger partial charge is 0.262 e. The summed E-state index contributed by atoms with van der Waals surface area (Å²) in [6.07, 6.45) is 2.75. The third-order valence-electron chi connectivity index (χ3n) is 4.07. The highest BCUT2D eigenvalue weighted by Crippen LogP contribution is 2.29. The molecule has 5 heteroatoms. The molecule has 24 heavy (non-hydrogen) atoms. The summed E-state index contributed by atoms with van der Waals surface area (Å²) in [6, 6.07) is 9.66. The molecule has 1 aromatic rings. The molecule has 0 spiro atoms. The van der Waals surface area contributed by atoms with E-state index in [2.05, 4.69) is 13.2 Å². The normalized spacial score (nSPS) is 17.2. The van der Waals surface area contributed by atoms with Gasteiger partial charge in [0.2, 0.25) is 0 Å². The van der Waals surface area contributed by atoms with Crippen molar-refractivity contribution in [1.82, 2.24) is 4.90 Å². The molecule has 0 aromatic heterocycles. The Kier molecular flexibility index (Phi) is 5.49. The lowest BCUT2D eigenvalue weighted by atomic mass is 10.0. The van der Waals surface area contributed by atoms with E-state index in [4.69, 9.17) is 10.5 Å². The van der Waals surface area contributed by atoms with Gasteiger partial charge in [-0.25, -0.2) is 0 Å². The van der Waals surface area contributed by atoms with Crippen molar-refractivity contribution in [3.63, 3.8) is 0 Å². The predicted octanol–water partition coefficient (Wildman–Crippen LogP) is 1.96. The molecule has 2 rings (SSSR count). The van der Waals surface area contributed by atoms with E-state index >= 15 is 0 Å². The highest BCUT2D eigenvalue weighted by Gasteiger charge is 2.45. The number of nitrogens with zero attached hydrogens (tertiary/aromatic N) is 1. The molecule has 1 atom stereocenters. The quantitative estimate of drug-likeness (QED) is 0.741. The van der Waals surface area contributed by atoms with Gasteiger partial charge in [0.05, 0.1) is 29.9 Å². The van der Waals surface area contributed by atoms with Crippen LogP contribution in [-0.2, 0) is 20.9 Å². The summed E-state index contributed by atoms with van der Waals surface area (Å²) >= 11 is 0. The van der Waals surface area contributed by atoms with Gasteiger partial charge in [0.15, 0.2) is 0 Å². The fraction of sp³-hybridized carbons (Fsp3) is 0.263. The van der Waals surface area contributed by atoms with Gasteiger partial charge in [-0.1, -0.05) is 55.6 Å². The van der Waals surface area contributed by atoms with Crippen molar-refractivity contribution in [2.24, 2.45) is 5.73 Å². The van der Waals surface area contributed by atoms with Crippen LogP contribution in [0.1, 0.15) is 12.5 Å². The van der Waals surface area contributed by atoms with Crippen molar-refractivity contribution in [1.29, 1.82) is 0 Å². The summed E-state index contributed by atoms with van der Waals surface area (Å²) in [5.74, 6) is -0.831. The minimum Gasteiger partial charge on any atom is -0.374 e. The predicted molar refractivity (Wildman–Crippen MR) is 92.8 cm³/mol. The third-order valence-corrected chi connectivity index (χ3v) is 4.07. The molecule has 1 aromatic carbocycles. The molecule has 1 heterocycles. The zero-order valence-corrected chi connectivity index (χ0v) is 13.8. The van der Waals surface area contributed by atoms with Crippen molar-refractivity contribution in [2.45, 2.75) is 19.1 Å². The van der Waals surface area contributed by atoms with E-state index < -0.39 is 17.4 Å². The first-order chi connectivity index (χ1) is 11.5. The first kappa shape index (κ1) is 17.8. The zero-order valence-electron chi connectivity index (χ0n) is 13.8. The van der Waals surface area contributed by atoms with Crippen LogP contribution in [0.2, 0.25) is 0 Å². The Morgan fingerprint density at radius 1 is 1.12 bits per heavy atom. The van der Waals surface area contributed by atoms with E-state index in [0.29, 0.717) is 6.61 Å². The Morgan fingerprint density at radius 2 is 1.67 bits per heavy atom. The zero-order chi connectivity index (χ0) is 17.7. The maximum absolute atomic E-state index is 12.6. The highest BCUT2D eigenvalue weighted by molar-refractivity contribution is 6.22. The Labute approximate surface area is 142 Å². The van der Waals surface area contributed by atoms with Crippen LogP contribution in [-0.4, -0.2) is 35.4 Å². The van der Waals surface area contributed by atoms with Gasteiger partial charge in [0.25, 0.3) is 11.8 Å². The molecule has 0 saturated carbocycles. The average molecular weight is 326 g/mol. The number of amides is 2. The van der Waals surface area contributed by atoms with E-state index in [1.165, 1.54) is 12.2 Å². The van der Waals surface area contributed by atoms with Crippen molar-refractivity contribution in [2.75, 3.05) is 13.2 Å². The fourth-order valence-electron chi connectivity index (χ4n) is 2.63. The number of rotatable bonds is 8. The minimum absolute atomic E-state index is 0.0914. The van der Waals surface area contributed by atoms with Crippen LogP contribution in [0.5, 0.6) is 0 Å². The van der Waals surface area contributed by atoms with Crippen LogP contribution in [0.25, 0.3) is 0 Å². The van der Waals surface area contributed by atoms with Gasteiger partial charge in [-0.05, 0) is 12.5 Å². The number of nitrogens with two attached hydrogens (primary N) is 1. The molecule has 0 radical (unpaired) electrons. The van der Waals surface area contributed by atoms with Gasteiger partial charge in [-0.3, -0.25) is 14.5 Å². The summed E-state index contributed by atoms with van der Waals surface area (Å²) in [5.41, 5.74) is 6.43. The number of imide groups is 1. The summed E-state index contributed by atoms with van der Waals surface area (Å²) in [4.78, 5) is 26.3. The lowest BCUT2D eigenvalue weighted by molar-refractivity contribution is -0.146. The molecule has 1 aliphatic heterocycles. The average Bonchev–Trinajstić information content (AvgIpc) is 2.85. The lowest BCUT2D eigenvalue weighted by Crippen LogP contribution is -2.57. The van der Waals surface area contributed by atoms with Gasteiger partial charge < -0.3 is 10.5 Å². The van der Waals surface area contributed by atoms with Crippen LogP contribution in [0.4, 0.5) is 0 Å². The summed E-state index contributed by atoms with van der Waals surface area (Å²) in [5, 5.41) is 0. The summed E-state index contributed by atoms with van der Waals surface area (Å²) in [6.45, 7) is 9.55. The number of hydrogen-bond donors (Lipinski definition) is 1. The SMILES string of the molecule is C=CC1=C(C=C)C(=O)N(C(C)(CN)COCc2ccccc2)C1=O. The Hall–Kier alpha value is -2.50. The van der Waals surface area contributed by atoms with Gasteiger partial charge in [-0.15, -0.1) is 0 Å². The van der Waals surface area contributed by atoms with E-state index in [1.54, 1.807) is 6.92 Å². The van der Waals surface area contributed by atoms with Crippen LogP contribution < -0.4 is 5.73 Å². The van der Waals surface area contributed by atoms with E-state index in [9.17, 15) is 9.59 Å². The molecule has 2 amide bonds. The topological polar surface area (TPSA) is 72.6 Å². The highest BCUT2D eigenvalue weighted by atomic mass is 16.5. The van der Waals surface area contributed by atoms with Crippen LogP contribution >= 0.6 is 0 Å². The molecule has 126 valence electrons. The third kappa shape index (κ3) is 3.22. The standard InChI is InChI=1S/C19H22N2O3/c1-4-15-16(5-2)18(23)21(17(15)22)19(3,12-20)13-24-11-14-9-7-6-8-10-14/h4-10H,1-2,11-13,20H2,3H3. The second kappa shape index (κ2) is 7.38. The van der Waals surface area contributed by atoms with Crippen LogP contribution in [0.3, 0.4) is 0 Å². The number of carbonyl (C=O) groups is 2. The monoisotopic (exact) mass is 326 g/mol. The van der Waals surface area contributed by atoms with Gasteiger partial charge in [0.1, 0.15) is 0 Å². The Bertz CT molecular complexity index is 664. The van der Waals surface area contributed by atoms with E-state index in [1.807, 2.05) is 30.3 Å². The molecular weight excluding hydrogens is 304 g/mol. The van der Waals surface area contributed by atoms with Gasteiger partial charge in [-0.2, -0.15) is 0 Å². The molecule has 0 aliphatic carbocycles. The number of ether oxygens (including phenoxy) is 1. The van der Waals surface area contributed by atoms with Crippen molar-refractivity contribution < 1.29 is 14.3 Å².